The van der Waals surface area contributed by atoms with Gasteiger partial charge in [-0.05, 0) is 29.8 Å². The fraction of sp³-hybridized carbons (Fsp3) is 0.222. The van der Waals surface area contributed by atoms with Gasteiger partial charge in [0.25, 0.3) is 0 Å². The normalized spacial score (nSPS) is 12.1. The molecular formula is C18H14F2O5. The molecule has 0 fully saturated rings. The van der Waals surface area contributed by atoms with E-state index in [4.69, 9.17) is 14.2 Å². The van der Waals surface area contributed by atoms with Crippen molar-refractivity contribution in [1.82, 2.24) is 0 Å². The number of fused-ring (bicyclic) bond motifs is 1. The van der Waals surface area contributed by atoms with E-state index >= 15 is 0 Å². The van der Waals surface area contributed by atoms with Crippen LogP contribution in [0.1, 0.15) is 28.8 Å². The van der Waals surface area contributed by atoms with E-state index in [9.17, 15) is 18.4 Å². The van der Waals surface area contributed by atoms with Crippen LogP contribution in [0.2, 0.25) is 0 Å². The van der Waals surface area contributed by atoms with E-state index in [1.54, 1.807) is 18.2 Å². The van der Waals surface area contributed by atoms with Crippen molar-refractivity contribution < 1.29 is 32.6 Å². The molecule has 0 saturated carbocycles. The maximum Gasteiger partial charge on any atom is 0.306 e. The van der Waals surface area contributed by atoms with Gasteiger partial charge in [-0.3, -0.25) is 9.59 Å². The molecule has 0 atom stereocenters. The third kappa shape index (κ3) is 4.12. The second-order valence-electron chi connectivity index (χ2n) is 5.40. The molecule has 7 heteroatoms. The lowest BCUT2D eigenvalue weighted by Gasteiger charge is -2.06. The van der Waals surface area contributed by atoms with Crippen LogP contribution < -0.4 is 9.47 Å². The van der Waals surface area contributed by atoms with Crippen molar-refractivity contribution >= 4 is 11.8 Å². The topological polar surface area (TPSA) is 61.8 Å². The first-order chi connectivity index (χ1) is 12.0. The predicted molar refractivity (Wildman–Crippen MR) is 82.3 cm³/mol. The number of benzene rings is 2. The molecule has 3 rings (SSSR count). The summed E-state index contributed by atoms with van der Waals surface area (Å²) in [7, 11) is 0. The molecule has 2 aromatic rings. The molecule has 1 aliphatic heterocycles. The van der Waals surface area contributed by atoms with Crippen LogP contribution in [0.25, 0.3) is 0 Å². The second-order valence-corrected chi connectivity index (χ2v) is 5.40. The van der Waals surface area contributed by atoms with Gasteiger partial charge in [0.2, 0.25) is 6.79 Å². The number of halogens is 2. The summed E-state index contributed by atoms with van der Waals surface area (Å²) in [5, 5.41) is 0. The number of ketones is 1. The molecule has 0 amide bonds. The van der Waals surface area contributed by atoms with Gasteiger partial charge in [0.1, 0.15) is 18.2 Å². The minimum atomic E-state index is -0.946. The van der Waals surface area contributed by atoms with Crippen LogP contribution in [0.4, 0.5) is 8.78 Å². The number of hydrogen-bond donors (Lipinski definition) is 0. The van der Waals surface area contributed by atoms with E-state index in [2.05, 4.69) is 0 Å². The lowest BCUT2D eigenvalue weighted by Crippen LogP contribution is -2.09. The molecule has 2 aromatic carbocycles. The monoisotopic (exact) mass is 348 g/mol. The Bertz CT molecular complexity index is 819. The lowest BCUT2D eigenvalue weighted by molar-refractivity contribution is -0.144. The smallest absolute Gasteiger partial charge is 0.306 e. The standard InChI is InChI=1S/C18H14F2O5/c19-12-2-3-13(14(20)8-12)15(21)4-6-18(22)23-9-11-1-5-16-17(7-11)25-10-24-16/h1-3,5,7-8H,4,6,9-10H2. The number of rotatable bonds is 6. The van der Waals surface area contributed by atoms with Gasteiger partial charge in [-0.1, -0.05) is 6.07 Å². The SMILES string of the molecule is O=C(CCC(=O)c1ccc(F)cc1F)OCc1ccc2c(c1)OCO2. The van der Waals surface area contributed by atoms with Crippen molar-refractivity contribution in [2.45, 2.75) is 19.4 Å². The van der Waals surface area contributed by atoms with Crippen molar-refractivity contribution in [1.29, 1.82) is 0 Å². The van der Waals surface area contributed by atoms with Gasteiger partial charge in [0, 0.05) is 12.5 Å². The Balaban J connectivity index is 1.48. The fourth-order valence-electron chi connectivity index (χ4n) is 2.33. The summed E-state index contributed by atoms with van der Waals surface area (Å²) in [4.78, 5) is 23.6. The number of carbonyl (C=O) groups excluding carboxylic acids is 2. The van der Waals surface area contributed by atoms with Crippen molar-refractivity contribution in [2.24, 2.45) is 0 Å². The molecule has 0 N–H and O–H groups in total. The average molecular weight is 348 g/mol. The largest absolute Gasteiger partial charge is 0.461 e. The van der Waals surface area contributed by atoms with Gasteiger partial charge in [0.15, 0.2) is 17.3 Å². The minimum Gasteiger partial charge on any atom is -0.461 e. The molecule has 0 spiro atoms. The highest BCUT2D eigenvalue weighted by Gasteiger charge is 2.16. The molecule has 0 aromatic heterocycles. The number of carbonyl (C=O) groups is 2. The van der Waals surface area contributed by atoms with E-state index < -0.39 is 23.4 Å². The Kier molecular flexibility index (Phi) is 4.92. The molecule has 0 saturated heterocycles. The van der Waals surface area contributed by atoms with Crippen LogP contribution in [0.15, 0.2) is 36.4 Å². The first-order valence-electron chi connectivity index (χ1n) is 7.55. The van der Waals surface area contributed by atoms with E-state index in [1.807, 2.05) is 0 Å². The third-order valence-corrected chi connectivity index (χ3v) is 3.62. The Labute approximate surface area is 142 Å². The van der Waals surface area contributed by atoms with Crippen LogP contribution in [0, 0.1) is 11.6 Å². The van der Waals surface area contributed by atoms with Crippen molar-refractivity contribution in [3.63, 3.8) is 0 Å². The Morgan fingerprint density at radius 3 is 2.60 bits per heavy atom. The Hall–Kier alpha value is -2.96. The van der Waals surface area contributed by atoms with Gasteiger partial charge in [-0.2, -0.15) is 0 Å². The molecule has 0 radical (unpaired) electrons. The van der Waals surface area contributed by atoms with Crippen molar-refractivity contribution in [3.8, 4) is 11.5 Å². The molecule has 25 heavy (non-hydrogen) atoms. The van der Waals surface area contributed by atoms with Gasteiger partial charge in [-0.15, -0.1) is 0 Å². The molecule has 0 unspecified atom stereocenters. The van der Waals surface area contributed by atoms with Crippen molar-refractivity contribution in [2.75, 3.05) is 6.79 Å². The van der Waals surface area contributed by atoms with Gasteiger partial charge in [-0.25, -0.2) is 8.78 Å². The summed E-state index contributed by atoms with van der Waals surface area (Å²) in [6, 6.07) is 7.84. The summed E-state index contributed by atoms with van der Waals surface area (Å²) in [5.41, 5.74) is 0.471. The van der Waals surface area contributed by atoms with Crippen LogP contribution in [-0.2, 0) is 16.1 Å². The number of hydrogen-bond acceptors (Lipinski definition) is 5. The van der Waals surface area contributed by atoms with E-state index in [1.165, 1.54) is 0 Å². The molecule has 1 aliphatic rings. The summed E-state index contributed by atoms with van der Waals surface area (Å²) < 4.78 is 41.8. The zero-order valence-corrected chi connectivity index (χ0v) is 13.1. The van der Waals surface area contributed by atoms with Gasteiger partial charge >= 0.3 is 5.97 Å². The molecular weight excluding hydrogens is 334 g/mol. The van der Waals surface area contributed by atoms with E-state index in [0.29, 0.717) is 23.1 Å². The summed E-state index contributed by atoms with van der Waals surface area (Å²) in [6.45, 7) is 0.176. The highest BCUT2D eigenvalue weighted by molar-refractivity contribution is 5.97. The summed E-state index contributed by atoms with van der Waals surface area (Å²) in [5.74, 6) is -1.68. The summed E-state index contributed by atoms with van der Waals surface area (Å²) >= 11 is 0. The first-order valence-corrected chi connectivity index (χ1v) is 7.55. The highest BCUT2D eigenvalue weighted by atomic mass is 19.1. The van der Waals surface area contributed by atoms with E-state index in [-0.39, 0.29) is 31.8 Å². The number of Topliss-reactive ketones (excluding diaryl/α,β-unsaturated/α-hetero) is 1. The van der Waals surface area contributed by atoms with Crippen LogP contribution in [-0.4, -0.2) is 18.5 Å². The summed E-state index contributed by atoms with van der Waals surface area (Å²) in [6.07, 6.45) is -0.414. The molecule has 0 bridgehead atoms. The van der Waals surface area contributed by atoms with Gasteiger partial charge < -0.3 is 14.2 Å². The number of esters is 1. The Morgan fingerprint density at radius 1 is 1.00 bits per heavy atom. The third-order valence-electron chi connectivity index (χ3n) is 3.62. The average Bonchev–Trinajstić information content (AvgIpc) is 3.05. The quantitative estimate of drug-likeness (QED) is 0.591. The van der Waals surface area contributed by atoms with Gasteiger partial charge in [0.05, 0.1) is 12.0 Å². The lowest BCUT2D eigenvalue weighted by atomic mass is 10.1. The van der Waals surface area contributed by atoms with Crippen LogP contribution in [0.5, 0.6) is 11.5 Å². The zero-order chi connectivity index (χ0) is 17.8. The molecule has 0 aliphatic carbocycles. The molecule has 130 valence electrons. The first kappa shape index (κ1) is 16.9. The van der Waals surface area contributed by atoms with Crippen molar-refractivity contribution in [3.05, 3.63) is 59.2 Å². The predicted octanol–water partition coefficient (Wildman–Crippen LogP) is 3.40. The molecule has 5 nitrogen and oxygen atoms in total. The Morgan fingerprint density at radius 2 is 1.80 bits per heavy atom. The maximum absolute atomic E-state index is 13.5. The maximum atomic E-state index is 13.5. The highest BCUT2D eigenvalue weighted by Crippen LogP contribution is 2.32. The second kappa shape index (κ2) is 7.29. The molecule has 1 heterocycles. The van der Waals surface area contributed by atoms with E-state index in [0.717, 1.165) is 12.1 Å². The number of ether oxygens (including phenoxy) is 3. The minimum absolute atomic E-state index is 0.0224. The zero-order valence-electron chi connectivity index (χ0n) is 13.1. The van der Waals surface area contributed by atoms with Crippen LogP contribution in [0.3, 0.4) is 0 Å². The fourth-order valence-corrected chi connectivity index (χ4v) is 2.33. The van der Waals surface area contributed by atoms with Crippen LogP contribution >= 0.6 is 0 Å².